The lowest BCUT2D eigenvalue weighted by atomic mass is 9.74. The van der Waals surface area contributed by atoms with Crippen molar-refractivity contribution in [3.05, 3.63) is 42.2 Å². The number of amides is 2. The van der Waals surface area contributed by atoms with Crippen molar-refractivity contribution in [1.82, 2.24) is 0 Å². The molecule has 4 heteroatoms. The van der Waals surface area contributed by atoms with E-state index in [0.29, 0.717) is 5.92 Å². The third-order valence-electron chi connectivity index (χ3n) is 4.95. The second kappa shape index (κ2) is 3.78. The summed E-state index contributed by atoms with van der Waals surface area (Å²) >= 11 is 0. The van der Waals surface area contributed by atoms with Crippen LogP contribution in [0.15, 0.2) is 36.4 Å². The van der Waals surface area contributed by atoms with Gasteiger partial charge in [0.25, 0.3) is 0 Å². The molecule has 0 radical (unpaired) electrons. The van der Waals surface area contributed by atoms with Gasteiger partial charge >= 0.3 is 0 Å². The van der Waals surface area contributed by atoms with Gasteiger partial charge < -0.3 is 0 Å². The first-order chi connectivity index (χ1) is 9.62. The van der Waals surface area contributed by atoms with Crippen molar-refractivity contribution in [1.29, 1.82) is 0 Å². The van der Waals surface area contributed by atoms with Crippen LogP contribution in [-0.4, -0.2) is 11.8 Å². The molecule has 4 rings (SSSR count). The number of fused-ring (bicyclic) bond motifs is 3. The summed E-state index contributed by atoms with van der Waals surface area (Å²) in [5.74, 6) is -0.478. The molecule has 2 bridgehead atoms. The fourth-order valence-electron chi connectivity index (χ4n) is 4.04. The lowest BCUT2D eigenvalue weighted by molar-refractivity contribution is -0.126. The average molecular weight is 271 g/mol. The molecule has 0 N–H and O–H groups in total. The molecule has 1 spiro atoms. The first-order valence-electron chi connectivity index (χ1n) is 6.92. The number of para-hydroxylation sites is 1. The Hall–Kier alpha value is -1.97. The highest BCUT2D eigenvalue weighted by Gasteiger charge is 2.61. The lowest BCUT2D eigenvalue weighted by Crippen LogP contribution is -2.38. The third kappa shape index (κ3) is 1.34. The van der Waals surface area contributed by atoms with Gasteiger partial charge in [0, 0.05) is 6.42 Å². The zero-order chi connectivity index (χ0) is 13.9. The van der Waals surface area contributed by atoms with Crippen LogP contribution in [0.25, 0.3) is 0 Å². The predicted molar refractivity (Wildman–Crippen MR) is 71.3 cm³/mol. The second-order valence-electron chi connectivity index (χ2n) is 6.01. The van der Waals surface area contributed by atoms with Crippen LogP contribution in [0.3, 0.4) is 0 Å². The Balaban J connectivity index is 1.77. The third-order valence-corrected chi connectivity index (χ3v) is 4.95. The molecule has 1 saturated heterocycles. The van der Waals surface area contributed by atoms with Crippen LogP contribution in [-0.2, 0) is 9.59 Å². The topological polar surface area (TPSA) is 37.4 Å². The monoisotopic (exact) mass is 271 g/mol. The molecule has 3 atom stereocenters. The summed E-state index contributed by atoms with van der Waals surface area (Å²) in [5.41, 5.74) is -0.523. The molecular weight excluding hydrogens is 257 g/mol. The number of halogens is 1. The Morgan fingerprint density at radius 3 is 2.65 bits per heavy atom. The number of rotatable bonds is 1. The molecule has 1 aromatic carbocycles. The van der Waals surface area contributed by atoms with E-state index in [1.807, 2.05) is 0 Å². The SMILES string of the molecule is O=C1CC2(CC3C=CC2C3)C(=O)N1c1ccccc1F. The summed E-state index contributed by atoms with van der Waals surface area (Å²) in [5, 5.41) is 0. The minimum absolute atomic E-state index is 0.0890. The molecule has 1 aromatic rings. The van der Waals surface area contributed by atoms with Crippen LogP contribution < -0.4 is 4.90 Å². The number of imide groups is 1. The summed E-state index contributed by atoms with van der Waals surface area (Å²) < 4.78 is 13.9. The standard InChI is InChI=1S/C16H14FNO2/c17-12-3-1-2-4-13(12)18-14(19)9-16(15(18)20)8-10-5-6-11(16)7-10/h1-6,10-11H,7-9H2. The first kappa shape index (κ1) is 11.8. The molecule has 2 amide bonds. The van der Waals surface area contributed by atoms with Gasteiger partial charge in [-0.2, -0.15) is 0 Å². The molecule has 2 aliphatic carbocycles. The molecule has 3 unspecified atom stereocenters. The van der Waals surface area contributed by atoms with E-state index in [1.54, 1.807) is 12.1 Å². The van der Waals surface area contributed by atoms with Gasteiger partial charge in [0.15, 0.2) is 0 Å². The first-order valence-corrected chi connectivity index (χ1v) is 6.92. The zero-order valence-corrected chi connectivity index (χ0v) is 10.9. The maximum Gasteiger partial charge on any atom is 0.241 e. The maximum absolute atomic E-state index is 13.9. The Labute approximate surface area is 116 Å². The molecule has 1 saturated carbocycles. The molecule has 102 valence electrons. The number of nitrogens with zero attached hydrogens (tertiary/aromatic N) is 1. The summed E-state index contributed by atoms with van der Waals surface area (Å²) in [6, 6.07) is 5.97. The number of allylic oxidation sites excluding steroid dienone is 2. The van der Waals surface area contributed by atoms with Gasteiger partial charge in [-0.05, 0) is 36.8 Å². The number of carbonyl (C=O) groups excluding carboxylic acids is 2. The second-order valence-corrected chi connectivity index (χ2v) is 6.01. The van der Waals surface area contributed by atoms with Gasteiger partial charge in [-0.15, -0.1) is 0 Å². The minimum Gasteiger partial charge on any atom is -0.274 e. The highest BCUT2D eigenvalue weighted by atomic mass is 19.1. The quantitative estimate of drug-likeness (QED) is 0.581. The van der Waals surface area contributed by atoms with E-state index in [2.05, 4.69) is 12.2 Å². The summed E-state index contributed by atoms with van der Waals surface area (Å²) in [6.45, 7) is 0. The summed E-state index contributed by atoms with van der Waals surface area (Å²) in [6.07, 6.45) is 6.09. The Morgan fingerprint density at radius 2 is 2.00 bits per heavy atom. The largest absolute Gasteiger partial charge is 0.274 e. The Bertz CT molecular complexity index is 654. The Kier molecular flexibility index (Phi) is 2.23. The number of hydrogen-bond acceptors (Lipinski definition) is 2. The molecule has 1 aliphatic heterocycles. The molecule has 2 fully saturated rings. The molecule has 20 heavy (non-hydrogen) atoms. The smallest absolute Gasteiger partial charge is 0.241 e. The molecule has 3 nitrogen and oxygen atoms in total. The van der Waals surface area contributed by atoms with E-state index >= 15 is 0 Å². The number of benzene rings is 1. The van der Waals surface area contributed by atoms with Crippen LogP contribution in [0.5, 0.6) is 0 Å². The average Bonchev–Trinajstić information content (AvgIpc) is 3.07. The van der Waals surface area contributed by atoms with Crippen molar-refractivity contribution >= 4 is 17.5 Å². The number of anilines is 1. The van der Waals surface area contributed by atoms with Gasteiger partial charge in [-0.1, -0.05) is 24.3 Å². The molecule has 3 aliphatic rings. The maximum atomic E-state index is 13.9. The van der Waals surface area contributed by atoms with Crippen molar-refractivity contribution in [2.75, 3.05) is 4.90 Å². The summed E-state index contributed by atoms with van der Waals surface area (Å²) in [7, 11) is 0. The van der Waals surface area contributed by atoms with E-state index in [0.717, 1.165) is 17.7 Å². The number of carbonyl (C=O) groups is 2. The minimum atomic E-state index is -0.612. The van der Waals surface area contributed by atoms with Crippen LogP contribution in [0.1, 0.15) is 19.3 Å². The van der Waals surface area contributed by atoms with Crippen molar-refractivity contribution in [3.63, 3.8) is 0 Å². The van der Waals surface area contributed by atoms with E-state index in [9.17, 15) is 14.0 Å². The van der Waals surface area contributed by atoms with E-state index < -0.39 is 11.2 Å². The highest BCUT2D eigenvalue weighted by molar-refractivity contribution is 6.23. The molecule has 1 heterocycles. The van der Waals surface area contributed by atoms with Gasteiger partial charge in [0.1, 0.15) is 5.82 Å². The molecular formula is C16H14FNO2. The zero-order valence-electron chi connectivity index (χ0n) is 10.9. The van der Waals surface area contributed by atoms with Crippen LogP contribution in [0.4, 0.5) is 10.1 Å². The van der Waals surface area contributed by atoms with E-state index in [4.69, 9.17) is 0 Å². The molecule has 0 aromatic heterocycles. The fourth-order valence-corrected chi connectivity index (χ4v) is 4.04. The Morgan fingerprint density at radius 1 is 1.20 bits per heavy atom. The van der Waals surface area contributed by atoms with Gasteiger partial charge in [0.05, 0.1) is 11.1 Å². The van der Waals surface area contributed by atoms with Crippen LogP contribution in [0.2, 0.25) is 0 Å². The van der Waals surface area contributed by atoms with Crippen LogP contribution in [0, 0.1) is 23.1 Å². The summed E-state index contributed by atoms with van der Waals surface area (Å²) in [4.78, 5) is 26.1. The van der Waals surface area contributed by atoms with Crippen molar-refractivity contribution in [2.24, 2.45) is 17.3 Å². The van der Waals surface area contributed by atoms with Gasteiger partial charge in [0.2, 0.25) is 11.8 Å². The lowest BCUT2D eigenvalue weighted by Gasteiger charge is -2.28. The fraction of sp³-hybridized carbons (Fsp3) is 0.375. The normalized spacial score (nSPS) is 34.8. The number of hydrogen-bond donors (Lipinski definition) is 0. The van der Waals surface area contributed by atoms with Crippen molar-refractivity contribution in [3.8, 4) is 0 Å². The van der Waals surface area contributed by atoms with Crippen LogP contribution >= 0.6 is 0 Å². The van der Waals surface area contributed by atoms with Crippen molar-refractivity contribution < 1.29 is 14.0 Å². The van der Waals surface area contributed by atoms with Gasteiger partial charge in [-0.3, -0.25) is 9.59 Å². The predicted octanol–water partition coefficient (Wildman–Crippen LogP) is 2.67. The van der Waals surface area contributed by atoms with Gasteiger partial charge in [-0.25, -0.2) is 9.29 Å². The van der Waals surface area contributed by atoms with Crippen molar-refractivity contribution in [2.45, 2.75) is 19.3 Å². The van der Waals surface area contributed by atoms with E-state index in [-0.39, 0.29) is 29.8 Å². The highest BCUT2D eigenvalue weighted by Crippen LogP contribution is 2.57. The van der Waals surface area contributed by atoms with E-state index in [1.165, 1.54) is 12.1 Å².